The highest BCUT2D eigenvalue weighted by Gasteiger charge is 2.32. The molecule has 1 heterocycles. The number of primary amides is 2. The Morgan fingerprint density at radius 1 is 0.662 bits per heavy atom. The number of aromatic nitrogens is 1. The van der Waals surface area contributed by atoms with Gasteiger partial charge < -0.3 is 64.6 Å². The number of aromatic hydroxyl groups is 1. The second-order valence-electron chi connectivity index (χ2n) is 17.3. The van der Waals surface area contributed by atoms with E-state index in [1.165, 1.54) is 19.1 Å². The molecule has 21 nitrogen and oxygen atoms in total. The lowest BCUT2D eigenvalue weighted by Crippen LogP contribution is -2.58. The van der Waals surface area contributed by atoms with E-state index in [2.05, 4.69) is 37.2 Å². The summed E-state index contributed by atoms with van der Waals surface area (Å²) >= 11 is 0. The summed E-state index contributed by atoms with van der Waals surface area (Å²) in [6.45, 7) is 4.31. The normalized spacial score (nSPS) is 13.2. The van der Waals surface area contributed by atoms with E-state index in [0.29, 0.717) is 58.3 Å². The number of aliphatic hydroxyl groups is 1. The van der Waals surface area contributed by atoms with Crippen molar-refractivity contribution in [1.29, 1.82) is 0 Å². The summed E-state index contributed by atoms with van der Waals surface area (Å²) in [6, 6.07) is 19.3. The number of rotatable bonds is 25. The van der Waals surface area contributed by atoms with Gasteiger partial charge in [-0.05, 0) is 79.3 Å². The maximum Gasteiger partial charge on any atom is 0.254 e. The van der Waals surface area contributed by atoms with Crippen molar-refractivity contribution in [2.45, 2.75) is 89.6 Å². The van der Waals surface area contributed by atoms with Crippen molar-refractivity contribution in [2.75, 3.05) is 18.5 Å². The molecule has 1 aromatic heterocycles. The van der Waals surface area contributed by atoms with Crippen LogP contribution in [0.5, 0.6) is 5.75 Å². The van der Waals surface area contributed by atoms with Crippen LogP contribution in [0.1, 0.15) is 67.9 Å². The van der Waals surface area contributed by atoms with E-state index in [1.54, 1.807) is 80.6 Å². The number of nitrogens with one attached hydrogen (secondary N) is 7. The van der Waals surface area contributed by atoms with E-state index in [-0.39, 0.29) is 30.7 Å². The number of fused-ring (bicyclic) bond motifs is 2. The average Bonchev–Trinajstić information content (AvgIpc) is 3.33. The van der Waals surface area contributed by atoms with Crippen LogP contribution < -0.4 is 54.4 Å². The molecule has 5 atom stereocenters. The molecule has 71 heavy (non-hydrogen) atoms. The molecule has 0 saturated carbocycles. The number of carbonyl (C=O) groups excluding carboxylic acids is 8. The number of unbranched alkanes of at least 4 members (excludes halogenated alkanes) is 1. The second kappa shape index (κ2) is 25.4. The monoisotopic (exact) mass is 975 g/mol. The summed E-state index contributed by atoms with van der Waals surface area (Å²) in [6.07, 6.45) is 0.724. The molecule has 0 spiro atoms. The van der Waals surface area contributed by atoms with Gasteiger partial charge in [-0.3, -0.25) is 38.4 Å². The highest BCUT2D eigenvalue weighted by Crippen LogP contribution is 2.34. The number of carbonyl (C=O) groups is 8. The third-order valence-corrected chi connectivity index (χ3v) is 11.4. The van der Waals surface area contributed by atoms with Crippen molar-refractivity contribution < 1.29 is 48.6 Å². The number of amides is 8. The number of benzene rings is 4. The van der Waals surface area contributed by atoms with Gasteiger partial charge in [-0.25, -0.2) is 4.98 Å². The van der Waals surface area contributed by atoms with Gasteiger partial charge in [-0.1, -0.05) is 68.4 Å². The van der Waals surface area contributed by atoms with Gasteiger partial charge in [-0.15, -0.1) is 0 Å². The Morgan fingerprint density at radius 2 is 1.30 bits per heavy atom. The van der Waals surface area contributed by atoms with Gasteiger partial charge in [0.15, 0.2) is 0 Å². The maximum absolute atomic E-state index is 14.2. The third-order valence-electron chi connectivity index (χ3n) is 11.4. The van der Waals surface area contributed by atoms with Crippen LogP contribution in [0.4, 0.5) is 11.4 Å². The first kappa shape index (κ1) is 53.8. The SMILES string of the molecule is CC(=O)N[C@@H](Cc1ccc(O)cc1)C(=O)N[C@@H](CO)C(=O)NCc1ccc(Nc2c3ccccc3nc3c(C(=O)N[C@H](C(=O)N[C@@H](CC(N)=O)C(=O)N[C@@H](CCCCN)C(N)=O)C(C)C)cccc23)cc1. The third kappa shape index (κ3) is 15.2. The van der Waals surface area contributed by atoms with Gasteiger partial charge in [0.1, 0.15) is 36.0 Å². The van der Waals surface area contributed by atoms with Crippen LogP contribution in [0.15, 0.2) is 91.0 Å². The second-order valence-corrected chi connectivity index (χ2v) is 17.3. The Balaban J connectivity index is 1.30. The summed E-state index contributed by atoms with van der Waals surface area (Å²) in [7, 11) is 0. The van der Waals surface area contributed by atoms with Crippen molar-refractivity contribution in [3.8, 4) is 5.75 Å². The molecule has 15 N–H and O–H groups in total. The quantitative estimate of drug-likeness (QED) is 0.0286. The Hall–Kier alpha value is -8.17. The number of phenolic OH excluding ortho intramolecular Hbond substituents is 1. The number of anilines is 2. The first-order chi connectivity index (χ1) is 33.9. The largest absolute Gasteiger partial charge is 0.508 e. The Kier molecular flexibility index (Phi) is 19.3. The number of nitrogens with zero attached hydrogens (tertiary/aromatic N) is 1. The lowest BCUT2D eigenvalue weighted by molar-refractivity contribution is -0.133. The fourth-order valence-electron chi connectivity index (χ4n) is 7.66. The zero-order valence-electron chi connectivity index (χ0n) is 39.6. The van der Waals surface area contributed by atoms with Crippen LogP contribution in [0.25, 0.3) is 21.8 Å². The number of hydrogen-bond acceptors (Lipinski definition) is 13. The fraction of sp³-hybridized carbons (Fsp3) is 0.340. The smallest absolute Gasteiger partial charge is 0.254 e. The van der Waals surface area contributed by atoms with E-state index >= 15 is 0 Å². The molecular weight excluding hydrogens is 915 g/mol. The highest BCUT2D eigenvalue weighted by molar-refractivity contribution is 6.15. The predicted octanol–water partition coefficient (Wildman–Crippen LogP) is 0.892. The molecule has 5 aromatic rings. The van der Waals surface area contributed by atoms with Crippen molar-refractivity contribution >= 4 is 80.4 Å². The summed E-state index contributed by atoms with van der Waals surface area (Å²) in [5, 5.41) is 39.9. The molecule has 376 valence electrons. The Labute approximate surface area is 409 Å². The molecule has 21 heteroatoms. The molecule has 0 radical (unpaired) electrons. The molecule has 0 saturated heterocycles. The molecular formula is C50H61N11O10. The number of phenols is 1. The van der Waals surface area contributed by atoms with Crippen LogP contribution >= 0.6 is 0 Å². The molecule has 0 aliphatic rings. The molecule has 8 amide bonds. The number of aliphatic hydroxyl groups excluding tert-OH is 1. The molecule has 0 fully saturated rings. The van der Waals surface area contributed by atoms with Gasteiger partial charge in [0.2, 0.25) is 41.4 Å². The lowest BCUT2D eigenvalue weighted by Gasteiger charge is -2.26. The maximum atomic E-state index is 14.2. The fourth-order valence-corrected chi connectivity index (χ4v) is 7.66. The topological polar surface area (TPSA) is 352 Å². The Morgan fingerprint density at radius 3 is 1.93 bits per heavy atom. The molecule has 4 aromatic carbocycles. The van der Waals surface area contributed by atoms with Gasteiger partial charge in [0.25, 0.3) is 5.91 Å². The highest BCUT2D eigenvalue weighted by atomic mass is 16.3. The van der Waals surface area contributed by atoms with Crippen LogP contribution in [0.2, 0.25) is 0 Å². The average molecular weight is 976 g/mol. The summed E-state index contributed by atoms with van der Waals surface area (Å²) < 4.78 is 0. The number of hydrogen-bond donors (Lipinski definition) is 12. The minimum atomic E-state index is -1.49. The van der Waals surface area contributed by atoms with E-state index in [1.807, 2.05) is 12.1 Å². The predicted molar refractivity (Wildman–Crippen MR) is 265 cm³/mol. The van der Waals surface area contributed by atoms with Gasteiger partial charge in [-0.2, -0.15) is 0 Å². The van der Waals surface area contributed by atoms with Gasteiger partial charge in [0, 0.05) is 36.3 Å². The zero-order chi connectivity index (χ0) is 51.8. The molecule has 0 aliphatic carbocycles. The number of pyridine rings is 1. The first-order valence-corrected chi connectivity index (χ1v) is 23.0. The summed E-state index contributed by atoms with van der Waals surface area (Å²) in [5.41, 5.74) is 20.0. The van der Waals surface area contributed by atoms with Crippen molar-refractivity contribution in [2.24, 2.45) is 23.1 Å². The Bertz CT molecular complexity index is 2730. The first-order valence-electron chi connectivity index (χ1n) is 23.0. The minimum absolute atomic E-state index is 0.0336. The van der Waals surface area contributed by atoms with E-state index in [0.717, 1.165) is 5.39 Å². The molecule has 5 rings (SSSR count). The van der Waals surface area contributed by atoms with Gasteiger partial charge >= 0.3 is 0 Å². The van der Waals surface area contributed by atoms with E-state index in [9.17, 15) is 48.6 Å². The van der Waals surface area contributed by atoms with Crippen molar-refractivity contribution in [3.63, 3.8) is 0 Å². The zero-order valence-corrected chi connectivity index (χ0v) is 39.6. The van der Waals surface area contributed by atoms with Crippen LogP contribution in [0.3, 0.4) is 0 Å². The van der Waals surface area contributed by atoms with Gasteiger partial charge in [0.05, 0.1) is 35.3 Å². The van der Waals surface area contributed by atoms with Crippen LogP contribution in [-0.4, -0.2) is 106 Å². The lowest BCUT2D eigenvalue weighted by atomic mass is 10.00. The van der Waals surface area contributed by atoms with Crippen LogP contribution in [0, 0.1) is 5.92 Å². The van der Waals surface area contributed by atoms with E-state index < -0.39 is 96.4 Å². The number of nitrogens with two attached hydrogens (primary N) is 3. The van der Waals surface area contributed by atoms with Crippen LogP contribution in [-0.2, 0) is 46.5 Å². The minimum Gasteiger partial charge on any atom is -0.508 e. The summed E-state index contributed by atoms with van der Waals surface area (Å²) in [4.78, 5) is 109. The summed E-state index contributed by atoms with van der Waals surface area (Å²) in [5.74, 6) is -6.31. The molecule has 0 bridgehead atoms. The van der Waals surface area contributed by atoms with E-state index in [4.69, 9.17) is 22.2 Å². The molecule has 0 aliphatic heterocycles. The molecule has 0 unspecified atom stereocenters. The van der Waals surface area contributed by atoms with Crippen molar-refractivity contribution in [3.05, 3.63) is 108 Å². The van der Waals surface area contributed by atoms with Crippen molar-refractivity contribution in [1.82, 2.24) is 36.9 Å². The number of para-hydroxylation sites is 2. The standard InChI is InChI=1S/C50H61N11O10/c1-27(2)42(50(71)59-39(24-41(52)65)49(70)58-37(45(53)66)13-6-7-22-51)61-46(67)35-11-8-10-34-43(33-9-4-5-12-36(33)57-44(34)35)56-31-18-14-30(15-19-31)25-54-47(68)40(26-62)60-48(69)38(55-28(3)63)23-29-16-20-32(64)21-17-29/h4-5,8-12,14-21,27,37-40,42,62,64H,6-7,13,22-26,51H2,1-3H3,(H2,52,65)(H2,53,66)(H,54,68)(H,55,63)(H,56,57)(H,58,70)(H,59,71)(H,60,69)(H,61,67)/t37-,38-,39-,40-,42-/m0/s1.